The van der Waals surface area contributed by atoms with E-state index in [4.69, 9.17) is 56.1 Å². The third-order valence-electron chi connectivity index (χ3n) is 22.4. The number of rotatable bonds is 44. The van der Waals surface area contributed by atoms with Crippen molar-refractivity contribution in [1.82, 2.24) is 42.5 Å². The van der Waals surface area contributed by atoms with Crippen LogP contribution in [0.25, 0.3) is 0 Å². The normalized spacial score (nSPS) is 37.2. The van der Waals surface area contributed by atoms with E-state index >= 15 is 0 Å². The minimum Gasteiger partial charge on any atom is -0.394 e. The summed E-state index contributed by atoms with van der Waals surface area (Å²) in [5.74, 6) is 0. The van der Waals surface area contributed by atoms with Crippen molar-refractivity contribution in [3.63, 3.8) is 0 Å². The van der Waals surface area contributed by atoms with E-state index in [1.807, 2.05) is 0 Å². The lowest BCUT2D eigenvalue weighted by Gasteiger charge is -2.62. The van der Waals surface area contributed by atoms with Gasteiger partial charge in [0.2, 0.25) is 0 Å². The van der Waals surface area contributed by atoms with E-state index < -0.39 is 207 Å². The molecule has 592 valence electrons. The fourth-order valence-electron chi connectivity index (χ4n) is 15.0. The van der Waals surface area contributed by atoms with Crippen molar-refractivity contribution in [3.05, 3.63) is 0 Å². The van der Waals surface area contributed by atoms with Crippen molar-refractivity contribution in [2.45, 2.75) is 272 Å². The highest BCUT2D eigenvalue weighted by Gasteiger charge is 2.69. The first kappa shape index (κ1) is 89.6. The predicted molar refractivity (Wildman–Crippen MR) is 376 cm³/mol. The molecule has 20 unspecified atom stereocenters. The number of aliphatic hydroxyl groups is 10. The number of amides is 8. The van der Waals surface area contributed by atoms with Gasteiger partial charge in [-0.3, -0.25) is 0 Å². The molecule has 33 heteroatoms. The first-order valence-electron chi connectivity index (χ1n) is 36.6. The molecule has 0 bridgehead atoms. The van der Waals surface area contributed by atoms with Gasteiger partial charge >= 0.3 is 24.1 Å². The monoisotopic (exact) mass is 1450 g/mol. The molecule has 0 saturated carbocycles. The standard InChI is InChI=1S/C68H134N12O21/c1-59(46(36-82)98-51(86)49(66(59,8)92)77-55(87)73-31-23-15-11-19-27-69)39-95-43-63(5)53(79-57(89)75-33-25-17-13-21-29-71)68(10,94)61(3,48(38-84)100-63)41-97-44-64(6)54(80-58(90)76-34-26-18-14-22-30-72)67(9,93)60(2,47(37-83)101-64)40-96-42-62(4)52(65(7,91)50(85)45(35-81)99-62)78-56(88)74-32-24-16-12-20-28-70/h45-54,81-86,91-94H,11-44,69-72H2,1-10H3,(H2,73,77,87)(H2,74,78,88)(H2,75,79,89)(H2,76,80,90). The topological polar surface area (TPSA) is 536 Å². The Morgan fingerprint density at radius 2 is 0.673 bits per heavy atom. The summed E-state index contributed by atoms with van der Waals surface area (Å²) in [6.45, 7) is 12.5. The van der Waals surface area contributed by atoms with Crippen LogP contribution in [0.3, 0.4) is 0 Å². The average molecular weight is 1460 g/mol. The second kappa shape index (κ2) is 40.3. The highest BCUT2D eigenvalue weighted by Crippen LogP contribution is 2.52. The zero-order chi connectivity index (χ0) is 75.7. The minimum absolute atomic E-state index is 0.242. The van der Waals surface area contributed by atoms with Gasteiger partial charge < -0.3 is 150 Å². The third kappa shape index (κ3) is 22.2. The van der Waals surface area contributed by atoms with Crippen molar-refractivity contribution < 1.29 is 103 Å². The molecule has 101 heavy (non-hydrogen) atoms. The second-order valence-electron chi connectivity index (χ2n) is 30.6. The number of aliphatic hydroxyl groups excluding tert-OH is 6. The van der Waals surface area contributed by atoms with Crippen LogP contribution in [0.1, 0.15) is 172 Å². The fraction of sp³-hybridized carbons (Fsp3) is 0.941. The number of carbonyl (C=O) groups excluding carboxylic acids is 4. The molecule has 4 heterocycles. The molecular formula is C68H134N12O21. The van der Waals surface area contributed by atoms with Crippen LogP contribution in [0.2, 0.25) is 0 Å². The molecule has 0 radical (unpaired) electrons. The minimum atomic E-state index is -2.13. The summed E-state index contributed by atoms with van der Waals surface area (Å²) in [6, 6.07) is -8.43. The van der Waals surface area contributed by atoms with E-state index in [1.54, 1.807) is 34.6 Å². The molecule has 0 aliphatic carbocycles. The van der Waals surface area contributed by atoms with Gasteiger partial charge in [0.05, 0.1) is 136 Å². The molecular weight excluding hydrogens is 1320 g/mol. The van der Waals surface area contributed by atoms with Crippen LogP contribution in [-0.2, 0) is 33.2 Å². The number of hydrogen-bond donors (Lipinski definition) is 22. The summed E-state index contributed by atoms with van der Waals surface area (Å²) in [7, 11) is 0. The number of urea groups is 4. The lowest BCUT2D eigenvalue weighted by atomic mass is 9.61. The number of unbranched alkanes of at least 4 members (excludes halogenated alkanes) is 12. The maximum absolute atomic E-state index is 14.2. The first-order chi connectivity index (χ1) is 47.5. The van der Waals surface area contributed by atoms with Crippen molar-refractivity contribution in [1.29, 1.82) is 0 Å². The zero-order valence-corrected chi connectivity index (χ0v) is 62.1. The highest BCUT2D eigenvalue weighted by molar-refractivity contribution is 5.76. The quantitative estimate of drug-likeness (QED) is 0.0303. The fourth-order valence-corrected chi connectivity index (χ4v) is 15.0. The Morgan fingerprint density at radius 1 is 0.376 bits per heavy atom. The summed E-state index contributed by atoms with van der Waals surface area (Å²) in [5, 5.41) is 140. The summed E-state index contributed by atoms with van der Waals surface area (Å²) in [5.41, 5.74) is 4.14. The average Bonchev–Trinajstić information content (AvgIpc) is 0.725. The van der Waals surface area contributed by atoms with E-state index in [0.717, 1.165) is 77.0 Å². The Kier molecular flexibility index (Phi) is 35.7. The molecule has 8 amide bonds. The maximum Gasteiger partial charge on any atom is 0.315 e. The molecule has 4 aliphatic rings. The predicted octanol–water partition coefficient (Wildman–Crippen LogP) is -1.67. The summed E-state index contributed by atoms with van der Waals surface area (Å²) in [4.78, 5) is 55.0. The summed E-state index contributed by atoms with van der Waals surface area (Å²) >= 11 is 0. The van der Waals surface area contributed by atoms with Crippen LogP contribution in [0.4, 0.5) is 19.2 Å². The number of ether oxygens (including phenoxy) is 7. The summed E-state index contributed by atoms with van der Waals surface area (Å²) < 4.78 is 45.4. The highest BCUT2D eigenvalue weighted by atomic mass is 16.6. The SMILES string of the molecule is CC1(COCC2(C)C(CO)OC(C)(COCC3(C)C(CO)OC(C)(COCC4(C)C(CO)OC(O)C(NC(=O)NCCCCCCN)C4(C)O)C(NC(=O)NCCCCCCN)C3(C)O)C(NC(=O)NCCCCCCN)C2(C)O)OC(CO)C(O)C(C)(O)C1NC(=O)NCCCCCCN. The van der Waals surface area contributed by atoms with E-state index in [-0.39, 0.29) is 13.1 Å². The molecule has 20 atom stereocenters. The molecule has 4 rings (SSSR count). The number of carbonyl (C=O) groups is 4. The molecule has 4 saturated heterocycles. The molecule has 0 aromatic carbocycles. The van der Waals surface area contributed by atoms with E-state index in [2.05, 4.69) is 42.5 Å². The van der Waals surface area contributed by atoms with Crippen LogP contribution in [-0.4, -0.2) is 294 Å². The van der Waals surface area contributed by atoms with Crippen LogP contribution >= 0.6 is 0 Å². The van der Waals surface area contributed by atoms with Crippen molar-refractivity contribution in [2.75, 3.05) is 118 Å². The number of nitrogens with two attached hydrogens (primary N) is 4. The zero-order valence-electron chi connectivity index (χ0n) is 62.1. The molecule has 4 fully saturated rings. The summed E-state index contributed by atoms with van der Waals surface area (Å²) in [6.07, 6.45) is 3.69. The number of nitrogens with one attached hydrogen (secondary N) is 8. The van der Waals surface area contributed by atoms with Gasteiger partial charge in [0.25, 0.3) is 0 Å². The maximum atomic E-state index is 14.2. The van der Waals surface area contributed by atoms with Crippen LogP contribution in [0.15, 0.2) is 0 Å². The number of hydrogen-bond acceptors (Lipinski definition) is 25. The molecule has 0 aromatic rings. The molecule has 4 aliphatic heterocycles. The largest absolute Gasteiger partial charge is 0.394 e. The Hall–Kier alpha value is -3.76. The van der Waals surface area contributed by atoms with Gasteiger partial charge in [-0.15, -0.1) is 0 Å². The Balaban J connectivity index is 1.70. The first-order valence-corrected chi connectivity index (χ1v) is 36.6. The van der Waals surface area contributed by atoms with Crippen LogP contribution in [0.5, 0.6) is 0 Å². The van der Waals surface area contributed by atoms with Gasteiger partial charge in [-0.05, 0) is 126 Å². The van der Waals surface area contributed by atoms with Crippen molar-refractivity contribution >= 4 is 24.1 Å². The Labute approximate surface area is 597 Å². The van der Waals surface area contributed by atoms with Crippen molar-refractivity contribution in [3.8, 4) is 0 Å². The molecule has 33 nitrogen and oxygen atoms in total. The van der Waals surface area contributed by atoms with Crippen LogP contribution < -0.4 is 65.5 Å². The van der Waals surface area contributed by atoms with E-state index in [0.29, 0.717) is 65.0 Å². The van der Waals surface area contributed by atoms with E-state index in [1.165, 1.54) is 34.6 Å². The van der Waals surface area contributed by atoms with Gasteiger partial charge in [0, 0.05) is 26.2 Å². The van der Waals surface area contributed by atoms with Crippen molar-refractivity contribution in [2.24, 2.45) is 39.2 Å². The lowest BCUT2D eigenvalue weighted by molar-refractivity contribution is -0.324. The second-order valence-corrected chi connectivity index (χ2v) is 30.6. The van der Waals surface area contributed by atoms with E-state index in [9.17, 15) is 70.2 Å². The Morgan fingerprint density at radius 3 is 0.990 bits per heavy atom. The molecule has 0 spiro atoms. The van der Waals surface area contributed by atoms with Gasteiger partial charge in [0.1, 0.15) is 40.7 Å². The molecule has 0 aromatic heterocycles. The van der Waals surface area contributed by atoms with Gasteiger partial charge in [-0.1, -0.05) is 72.1 Å². The smallest absolute Gasteiger partial charge is 0.315 e. The third-order valence-corrected chi connectivity index (χ3v) is 22.4. The lowest BCUT2D eigenvalue weighted by Crippen LogP contribution is -2.79. The van der Waals surface area contributed by atoms with Gasteiger partial charge in [-0.25, -0.2) is 19.2 Å². The molecule has 26 N–H and O–H groups in total. The van der Waals surface area contributed by atoms with Gasteiger partial charge in [0.15, 0.2) is 6.29 Å². The van der Waals surface area contributed by atoms with Gasteiger partial charge in [-0.2, -0.15) is 0 Å². The van der Waals surface area contributed by atoms with Crippen LogP contribution in [0, 0.1) is 16.2 Å². The Bertz CT molecular complexity index is 2490.